The van der Waals surface area contributed by atoms with Crippen molar-refractivity contribution >= 4 is 23.7 Å². The van der Waals surface area contributed by atoms with Gasteiger partial charge >= 0.3 is 11.8 Å². The number of amides is 3. The van der Waals surface area contributed by atoms with Crippen LogP contribution in [0.2, 0.25) is 0 Å². The summed E-state index contributed by atoms with van der Waals surface area (Å²) in [4.78, 5) is 51.5. The third-order valence-electron chi connectivity index (χ3n) is 7.32. The lowest BCUT2D eigenvalue weighted by molar-refractivity contribution is -0.168. The van der Waals surface area contributed by atoms with Crippen LogP contribution in [0.5, 0.6) is 0 Å². The van der Waals surface area contributed by atoms with E-state index in [4.69, 9.17) is 4.74 Å². The summed E-state index contributed by atoms with van der Waals surface area (Å²) in [7, 11) is 3.05. The Hall–Kier alpha value is -2.79. The number of hydrogen-bond donors (Lipinski definition) is 2. The van der Waals surface area contributed by atoms with Crippen LogP contribution in [0.3, 0.4) is 0 Å². The molecule has 0 radical (unpaired) electrons. The van der Waals surface area contributed by atoms with Gasteiger partial charge in [0.05, 0.1) is 24.8 Å². The van der Waals surface area contributed by atoms with Crippen LogP contribution in [0, 0.1) is 0 Å². The molecule has 11 nitrogen and oxygen atoms in total. The van der Waals surface area contributed by atoms with E-state index in [9.17, 15) is 19.5 Å². The minimum absolute atomic E-state index is 0.000360. The van der Waals surface area contributed by atoms with E-state index in [2.05, 4.69) is 20.2 Å². The molecular weight excluding hydrogens is 452 g/mol. The monoisotopic (exact) mass is 488 g/mol. The van der Waals surface area contributed by atoms with E-state index < -0.39 is 29.5 Å². The number of carbonyl (C=O) groups is 3. The summed E-state index contributed by atoms with van der Waals surface area (Å²) in [6.45, 7) is 2.25. The van der Waals surface area contributed by atoms with Crippen LogP contribution >= 0.6 is 0 Å². The lowest BCUT2D eigenvalue weighted by atomic mass is 9.78. The number of likely N-dealkylation sites (N-methyl/N-ethyl adjacent to an activating group) is 1. The van der Waals surface area contributed by atoms with Crippen LogP contribution in [0.15, 0.2) is 18.5 Å². The van der Waals surface area contributed by atoms with Gasteiger partial charge in [-0.2, -0.15) is 0 Å². The summed E-state index contributed by atoms with van der Waals surface area (Å²) in [6, 6.07) is 0.915. The molecule has 3 fully saturated rings. The third-order valence-corrected chi connectivity index (χ3v) is 7.32. The molecule has 1 aromatic heterocycles. The molecule has 1 aromatic rings. The fourth-order valence-electron chi connectivity index (χ4n) is 5.02. The van der Waals surface area contributed by atoms with E-state index in [1.54, 1.807) is 23.4 Å². The van der Waals surface area contributed by atoms with Gasteiger partial charge in [0.25, 0.3) is 5.91 Å². The van der Waals surface area contributed by atoms with Crippen LogP contribution in [0.1, 0.15) is 44.9 Å². The number of aromatic nitrogens is 2. The highest BCUT2D eigenvalue weighted by molar-refractivity contribution is 6.34. The van der Waals surface area contributed by atoms with Crippen molar-refractivity contribution in [3.8, 4) is 0 Å². The number of hydrogen-bond acceptors (Lipinski definition) is 8. The van der Waals surface area contributed by atoms with Crippen LogP contribution in [-0.2, 0) is 19.1 Å². The second kappa shape index (κ2) is 10.9. The van der Waals surface area contributed by atoms with Crippen molar-refractivity contribution in [3.05, 3.63) is 18.5 Å². The Labute approximate surface area is 205 Å². The van der Waals surface area contributed by atoms with Gasteiger partial charge in [-0.25, -0.2) is 9.97 Å². The maximum Gasteiger partial charge on any atom is 0.311 e. The Morgan fingerprint density at radius 2 is 1.80 bits per heavy atom. The topological polar surface area (TPSA) is 128 Å². The zero-order valence-electron chi connectivity index (χ0n) is 20.6. The van der Waals surface area contributed by atoms with Crippen molar-refractivity contribution in [3.63, 3.8) is 0 Å². The molecule has 0 bridgehead atoms. The molecule has 35 heavy (non-hydrogen) atoms. The molecular formula is C24H36N6O5. The zero-order chi connectivity index (χ0) is 25.0. The number of nitrogens with one attached hydrogen (secondary N) is 1. The summed E-state index contributed by atoms with van der Waals surface area (Å²) in [5.74, 6) is -0.928. The number of ether oxygens (including phenoxy) is 1. The van der Waals surface area contributed by atoms with Gasteiger partial charge in [-0.1, -0.05) is 0 Å². The number of nitrogens with zero attached hydrogens (tertiary/aromatic N) is 5. The van der Waals surface area contributed by atoms with Crippen LogP contribution in [-0.4, -0.2) is 107 Å². The molecule has 3 aliphatic rings. The number of piperidine rings is 2. The second-order valence-electron chi connectivity index (χ2n) is 9.94. The molecule has 2 atom stereocenters. The van der Waals surface area contributed by atoms with E-state index in [0.717, 1.165) is 32.4 Å². The van der Waals surface area contributed by atoms with Gasteiger partial charge < -0.3 is 29.9 Å². The largest absolute Gasteiger partial charge is 0.380 e. The molecule has 2 N–H and O–H groups in total. The Kier molecular flexibility index (Phi) is 7.85. The Morgan fingerprint density at radius 1 is 1.11 bits per heavy atom. The quantitative estimate of drug-likeness (QED) is 0.533. The first kappa shape index (κ1) is 25.3. The molecule has 11 heteroatoms. The van der Waals surface area contributed by atoms with Crippen molar-refractivity contribution in [2.75, 3.05) is 45.2 Å². The van der Waals surface area contributed by atoms with E-state index in [-0.39, 0.29) is 18.6 Å². The van der Waals surface area contributed by atoms with E-state index >= 15 is 0 Å². The molecule has 192 valence electrons. The average Bonchev–Trinajstić information content (AvgIpc) is 2.86. The van der Waals surface area contributed by atoms with Crippen LogP contribution in [0.25, 0.3) is 0 Å². The first-order chi connectivity index (χ1) is 16.8. The first-order valence-electron chi connectivity index (χ1n) is 12.5. The Morgan fingerprint density at radius 3 is 2.40 bits per heavy atom. The van der Waals surface area contributed by atoms with E-state index in [1.807, 2.05) is 0 Å². The predicted octanol–water partition coefficient (Wildman–Crippen LogP) is -0.0590. The van der Waals surface area contributed by atoms with Gasteiger partial charge in [0.15, 0.2) is 0 Å². The van der Waals surface area contributed by atoms with E-state index in [0.29, 0.717) is 38.2 Å². The predicted molar refractivity (Wildman–Crippen MR) is 127 cm³/mol. The fraction of sp³-hybridized carbons (Fsp3) is 0.708. The van der Waals surface area contributed by atoms with Gasteiger partial charge in [-0.3, -0.25) is 14.4 Å². The highest BCUT2D eigenvalue weighted by Crippen LogP contribution is 2.35. The van der Waals surface area contributed by atoms with Gasteiger partial charge in [-0.15, -0.1) is 0 Å². The minimum Gasteiger partial charge on any atom is -0.380 e. The summed E-state index contributed by atoms with van der Waals surface area (Å²) in [5.41, 5.74) is -1.33. The molecule has 2 aliphatic heterocycles. The summed E-state index contributed by atoms with van der Waals surface area (Å²) < 4.78 is 6.28. The molecule has 0 aromatic carbocycles. The molecule has 2 saturated heterocycles. The summed E-state index contributed by atoms with van der Waals surface area (Å²) in [6.07, 6.45) is 8.06. The van der Waals surface area contributed by atoms with Crippen molar-refractivity contribution < 1.29 is 24.2 Å². The lowest BCUT2D eigenvalue weighted by Crippen LogP contribution is -2.65. The number of aliphatic hydroxyl groups is 1. The van der Waals surface area contributed by atoms with E-state index in [1.165, 1.54) is 19.0 Å². The summed E-state index contributed by atoms with van der Waals surface area (Å²) in [5, 5.41) is 13.6. The standard InChI is InChI=1S/C24H36N6O5/c1-28(2)21(32)20(31)27-18-6-3-13-30(22(33)24(34)9-4-10-24)19(18)16-35-17-7-14-29(15-8-17)23-25-11-5-12-26-23/h5,11-12,17-19,34H,3-4,6-10,13-16H2,1-2H3,(H,27,31)/t18-,19-/m0/s1. The van der Waals surface area contributed by atoms with Gasteiger partial charge in [0, 0.05) is 46.1 Å². The number of rotatable bonds is 6. The fourth-order valence-corrected chi connectivity index (χ4v) is 5.02. The normalized spacial score (nSPS) is 24.4. The minimum atomic E-state index is -1.33. The Bertz CT molecular complexity index is 901. The third kappa shape index (κ3) is 5.72. The Balaban J connectivity index is 1.41. The number of anilines is 1. The van der Waals surface area contributed by atoms with Gasteiger partial charge in [0.2, 0.25) is 5.95 Å². The SMILES string of the molecule is CN(C)C(=O)C(=O)N[C@H]1CCCN(C(=O)C2(O)CCC2)[C@H]1COC1CCN(c2ncccn2)CC1. The smallest absolute Gasteiger partial charge is 0.311 e. The molecule has 3 amide bonds. The zero-order valence-corrected chi connectivity index (χ0v) is 20.6. The maximum absolute atomic E-state index is 13.2. The van der Waals surface area contributed by atoms with Gasteiger partial charge in [-0.05, 0) is 51.0 Å². The summed E-state index contributed by atoms with van der Waals surface area (Å²) >= 11 is 0. The van der Waals surface area contributed by atoms with Crippen molar-refractivity contribution in [2.45, 2.75) is 68.7 Å². The number of likely N-dealkylation sites (tertiary alicyclic amines) is 1. The first-order valence-corrected chi connectivity index (χ1v) is 12.5. The average molecular weight is 489 g/mol. The highest BCUT2D eigenvalue weighted by Gasteiger charge is 2.48. The van der Waals surface area contributed by atoms with Crippen LogP contribution in [0.4, 0.5) is 5.95 Å². The van der Waals surface area contributed by atoms with Crippen molar-refractivity contribution in [1.29, 1.82) is 0 Å². The highest BCUT2D eigenvalue weighted by atomic mass is 16.5. The maximum atomic E-state index is 13.2. The second-order valence-corrected chi connectivity index (χ2v) is 9.94. The molecule has 4 rings (SSSR count). The lowest BCUT2D eigenvalue weighted by Gasteiger charge is -2.47. The molecule has 0 unspecified atom stereocenters. The molecule has 1 saturated carbocycles. The van der Waals surface area contributed by atoms with Crippen molar-refractivity contribution in [1.82, 2.24) is 25.1 Å². The van der Waals surface area contributed by atoms with Crippen LogP contribution < -0.4 is 10.2 Å². The molecule has 0 spiro atoms. The molecule has 1 aliphatic carbocycles. The molecule has 3 heterocycles. The van der Waals surface area contributed by atoms with Gasteiger partial charge in [0.1, 0.15) is 5.60 Å². The van der Waals surface area contributed by atoms with Crippen molar-refractivity contribution in [2.24, 2.45) is 0 Å². The number of carbonyl (C=O) groups excluding carboxylic acids is 3.